The summed E-state index contributed by atoms with van der Waals surface area (Å²) in [7, 11) is 0. The second-order valence-corrected chi connectivity index (χ2v) is 6.50. The fraction of sp³-hybridized carbons (Fsp3) is 0.100. The third-order valence-corrected chi connectivity index (χ3v) is 4.82. The second kappa shape index (κ2) is 7.49. The molecule has 4 aromatic rings. The smallest absolute Gasteiger partial charge is 0.190 e. The van der Waals surface area contributed by atoms with Crippen LogP contribution in [0.15, 0.2) is 81.8 Å². The van der Waals surface area contributed by atoms with Crippen molar-refractivity contribution in [3.05, 3.63) is 88.7 Å². The number of hydrogen-bond donors (Lipinski definition) is 0. The first-order valence-corrected chi connectivity index (χ1v) is 9.10. The van der Waals surface area contributed by atoms with Crippen molar-refractivity contribution in [3.8, 4) is 11.5 Å². The number of rotatable bonds is 5. The highest BCUT2D eigenvalue weighted by molar-refractivity contribution is 7.07. The maximum Gasteiger partial charge on any atom is 0.190 e. The van der Waals surface area contributed by atoms with Gasteiger partial charge in [-0.1, -0.05) is 18.2 Å². The van der Waals surface area contributed by atoms with E-state index in [1.807, 2.05) is 40.3 Å². The SMILES string of the molecule is Fc1ccccc1N=c1scc(-c2ccco2)n1CCc1ccccn1. The molecule has 3 aromatic heterocycles. The van der Waals surface area contributed by atoms with E-state index in [4.69, 9.17) is 4.42 Å². The molecule has 0 atom stereocenters. The summed E-state index contributed by atoms with van der Waals surface area (Å²) < 4.78 is 21.6. The Morgan fingerprint density at radius 3 is 2.73 bits per heavy atom. The van der Waals surface area contributed by atoms with Gasteiger partial charge in [-0.25, -0.2) is 9.38 Å². The van der Waals surface area contributed by atoms with Crippen molar-refractivity contribution in [2.45, 2.75) is 13.0 Å². The maximum absolute atomic E-state index is 14.0. The van der Waals surface area contributed by atoms with E-state index in [-0.39, 0.29) is 5.82 Å². The van der Waals surface area contributed by atoms with E-state index in [1.165, 1.54) is 17.4 Å². The predicted octanol–water partition coefficient (Wildman–Crippen LogP) is 4.82. The van der Waals surface area contributed by atoms with Gasteiger partial charge in [0.2, 0.25) is 0 Å². The Morgan fingerprint density at radius 1 is 1.08 bits per heavy atom. The summed E-state index contributed by atoms with van der Waals surface area (Å²) in [5.74, 6) is 0.425. The van der Waals surface area contributed by atoms with E-state index >= 15 is 0 Å². The monoisotopic (exact) mass is 365 g/mol. The summed E-state index contributed by atoms with van der Waals surface area (Å²) >= 11 is 1.46. The highest BCUT2D eigenvalue weighted by Gasteiger charge is 2.11. The summed E-state index contributed by atoms with van der Waals surface area (Å²) in [5, 5.41) is 1.98. The van der Waals surface area contributed by atoms with E-state index in [0.717, 1.165) is 28.4 Å². The highest BCUT2D eigenvalue weighted by Crippen LogP contribution is 2.22. The Balaban J connectivity index is 1.76. The van der Waals surface area contributed by atoms with E-state index in [2.05, 4.69) is 9.98 Å². The van der Waals surface area contributed by atoms with Gasteiger partial charge in [0.25, 0.3) is 0 Å². The van der Waals surface area contributed by atoms with Gasteiger partial charge in [0.05, 0.1) is 12.0 Å². The van der Waals surface area contributed by atoms with Gasteiger partial charge in [0.1, 0.15) is 11.5 Å². The molecule has 0 aliphatic carbocycles. The van der Waals surface area contributed by atoms with Gasteiger partial charge in [-0.15, -0.1) is 11.3 Å². The summed E-state index contributed by atoms with van der Waals surface area (Å²) in [5.41, 5.74) is 2.24. The Morgan fingerprint density at radius 2 is 1.96 bits per heavy atom. The zero-order valence-corrected chi connectivity index (χ0v) is 14.7. The molecule has 0 saturated heterocycles. The number of furan rings is 1. The zero-order valence-electron chi connectivity index (χ0n) is 13.9. The first kappa shape index (κ1) is 16.5. The molecule has 0 N–H and O–H groups in total. The van der Waals surface area contributed by atoms with Crippen LogP contribution < -0.4 is 4.80 Å². The lowest BCUT2D eigenvalue weighted by atomic mass is 10.2. The molecule has 130 valence electrons. The van der Waals surface area contributed by atoms with E-state index in [1.54, 1.807) is 30.7 Å². The van der Waals surface area contributed by atoms with E-state index in [9.17, 15) is 4.39 Å². The standard InChI is InChI=1S/C20H16FN3OS/c21-16-7-1-2-8-17(16)23-20-24(12-10-15-6-3-4-11-22-15)18(14-26-20)19-9-5-13-25-19/h1-9,11,13-14H,10,12H2. The third-order valence-electron chi connectivity index (χ3n) is 3.96. The number of benzene rings is 1. The fourth-order valence-electron chi connectivity index (χ4n) is 2.67. The number of hydrogen-bond acceptors (Lipinski definition) is 4. The predicted molar refractivity (Wildman–Crippen MR) is 99.6 cm³/mol. The van der Waals surface area contributed by atoms with Crippen LogP contribution in [0.3, 0.4) is 0 Å². The van der Waals surface area contributed by atoms with Crippen molar-refractivity contribution >= 4 is 17.0 Å². The summed E-state index contributed by atoms with van der Waals surface area (Å²) in [6.07, 6.45) is 4.17. The number of aromatic nitrogens is 2. The molecule has 0 aliphatic heterocycles. The average molecular weight is 365 g/mol. The van der Waals surface area contributed by atoms with Crippen molar-refractivity contribution in [3.63, 3.8) is 0 Å². The average Bonchev–Trinajstić information content (AvgIpc) is 3.32. The number of aryl methyl sites for hydroxylation is 1. The van der Waals surface area contributed by atoms with Gasteiger partial charge < -0.3 is 8.98 Å². The molecule has 0 amide bonds. The van der Waals surface area contributed by atoms with Crippen LogP contribution in [-0.2, 0) is 13.0 Å². The van der Waals surface area contributed by atoms with Crippen LogP contribution in [0.4, 0.5) is 10.1 Å². The van der Waals surface area contributed by atoms with Gasteiger partial charge in [0.15, 0.2) is 10.6 Å². The summed E-state index contributed by atoms with van der Waals surface area (Å²) in [6.45, 7) is 0.670. The number of pyridine rings is 1. The minimum Gasteiger partial charge on any atom is -0.463 e. The topological polar surface area (TPSA) is 43.3 Å². The maximum atomic E-state index is 14.0. The Bertz CT molecular complexity index is 1050. The minimum absolute atomic E-state index is 0.326. The van der Waals surface area contributed by atoms with Crippen LogP contribution in [-0.4, -0.2) is 9.55 Å². The molecule has 4 rings (SSSR count). The number of thiazole rings is 1. The van der Waals surface area contributed by atoms with Crippen LogP contribution in [0.1, 0.15) is 5.69 Å². The first-order valence-electron chi connectivity index (χ1n) is 8.22. The molecule has 0 aliphatic rings. The van der Waals surface area contributed by atoms with Crippen LogP contribution in [0.5, 0.6) is 0 Å². The van der Waals surface area contributed by atoms with Crippen LogP contribution >= 0.6 is 11.3 Å². The minimum atomic E-state index is -0.336. The fourth-order valence-corrected chi connectivity index (χ4v) is 3.60. The van der Waals surface area contributed by atoms with Gasteiger partial charge in [0, 0.05) is 30.2 Å². The normalized spacial score (nSPS) is 11.8. The zero-order chi connectivity index (χ0) is 17.8. The number of para-hydroxylation sites is 1. The third kappa shape index (κ3) is 3.50. The lowest BCUT2D eigenvalue weighted by molar-refractivity contribution is 0.568. The summed E-state index contributed by atoms with van der Waals surface area (Å²) in [6, 6.07) is 16.1. The van der Waals surface area contributed by atoms with Crippen molar-refractivity contribution in [2.24, 2.45) is 4.99 Å². The molecule has 4 nitrogen and oxygen atoms in total. The first-order chi connectivity index (χ1) is 12.8. The van der Waals surface area contributed by atoms with Crippen molar-refractivity contribution in [1.82, 2.24) is 9.55 Å². The molecular weight excluding hydrogens is 349 g/mol. The second-order valence-electron chi connectivity index (χ2n) is 5.67. The molecule has 1 aromatic carbocycles. The van der Waals surface area contributed by atoms with Crippen molar-refractivity contribution < 1.29 is 8.81 Å². The van der Waals surface area contributed by atoms with Crippen LogP contribution in [0.2, 0.25) is 0 Å². The molecule has 26 heavy (non-hydrogen) atoms. The Hall–Kier alpha value is -2.99. The van der Waals surface area contributed by atoms with Crippen molar-refractivity contribution in [1.29, 1.82) is 0 Å². The van der Waals surface area contributed by atoms with E-state index < -0.39 is 0 Å². The van der Waals surface area contributed by atoms with Gasteiger partial charge in [-0.05, 0) is 36.4 Å². The van der Waals surface area contributed by atoms with E-state index in [0.29, 0.717) is 12.2 Å². The molecule has 0 fully saturated rings. The molecule has 3 heterocycles. The summed E-state index contributed by atoms with van der Waals surface area (Å²) in [4.78, 5) is 9.62. The lowest BCUT2D eigenvalue weighted by Crippen LogP contribution is -2.17. The van der Waals surface area contributed by atoms with Crippen molar-refractivity contribution in [2.75, 3.05) is 0 Å². The van der Waals surface area contributed by atoms with Crippen LogP contribution in [0, 0.1) is 5.82 Å². The van der Waals surface area contributed by atoms with Gasteiger partial charge in [-0.2, -0.15) is 0 Å². The Kier molecular flexibility index (Phi) is 4.75. The molecule has 6 heteroatoms. The molecule has 0 spiro atoms. The molecule has 0 saturated carbocycles. The number of halogens is 1. The lowest BCUT2D eigenvalue weighted by Gasteiger charge is -2.07. The molecule has 0 bridgehead atoms. The quantitative estimate of drug-likeness (QED) is 0.509. The molecule has 0 unspecified atom stereocenters. The Labute approximate surface area is 153 Å². The molecule has 0 radical (unpaired) electrons. The largest absolute Gasteiger partial charge is 0.463 e. The van der Waals surface area contributed by atoms with Gasteiger partial charge in [-0.3, -0.25) is 4.98 Å². The number of nitrogens with zero attached hydrogens (tertiary/aromatic N) is 3. The molecular formula is C20H16FN3OS. The van der Waals surface area contributed by atoms with Crippen LogP contribution in [0.25, 0.3) is 11.5 Å². The highest BCUT2D eigenvalue weighted by atomic mass is 32.1. The van der Waals surface area contributed by atoms with Gasteiger partial charge >= 0.3 is 0 Å².